The van der Waals surface area contributed by atoms with Crippen molar-refractivity contribution in [3.63, 3.8) is 0 Å². The standard InChI is InChI=1S/C13H5Cl5O/c14-7-4-9(12(17)11(16)5-7)6-1-2-8(13(18)19)10(15)3-6/h1-5H. The minimum Gasteiger partial charge on any atom is -0.276 e. The summed E-state index contributed by atoms with van der Waals surface area (Å²) in [6.07, 6.45) is 0. The largest absolute Gasteiger partial charge is 0.276 e. The van der Waals surface area contributed by atoms with E-state index in [1.165, 1.54) is 6.07 Å². The summed E-state index contributed by atoms with van der Waals surface area (Å²) in [5.74, 6) is 0. The van der Waals surface area contributed by atoms with Gasteiger partial charge in [0.05, 0.1) is 20.6 Å². The SMILES string of the molecule is O=C(Cl)c1ccc(-c2cc(Cl)cc(Cl)c2Cl)cc1Cl. The fourth-order valence-electron chi connectivity index (χ4n) is 1.61. The Morgan fingerprint density at radius 3 is 2.16 bits per heavy atom. The van der Waals surface area contributed by atoms with Crippen LogP contribution in [0.2, 0.25) is 20.1 Å². The maximum atomic E-state index is 11.1. The van der Waals surface area contributed by atoms with E-state index in [0.29, 0.717) is 26.2 Å². The molecular weight excluding hydrogens is 349 g/mol. The first-order valence-corrected chi connectivity index (χ1v) is 6.93. The Hall–Kier alpha value is -0.440. The molecule has 0 bridgehead atoms. The van der Waals surface area contributed by atoms with Crippen LogP contribution in [0.1, 0.15) is 10.4 Å². The van der Waals surface area contributed by atoms with E-state index in [1.807, 2.05) is 0 Å². The van der Waals surface area contributed by atoms with Crippen molar-refractivity contribution >= 4 is 63.2 Å². The van der Waals surface area contributed by atoms with E-state index >= 15 is 0 Å². The van der Waals surface area contributed by atoms with Gasteiger partial charge in [-0.3, -0.25) is 4.79 Å². The van der Waals surface area contributed by atoms with Crippen LogP contribution in [0.15, 0.2) is 30.3 Å². The van der Waals surface area contributed by atoms with Crippen LogP contribution in [0.4, 0.5) is 0 Å². The number of hydrogen-bond donors (Lipinski definition) is 0. The molecule has 2 rings (SSSR count). The van der Waals surface area contributed by atoms with E-state index in [4.69, 9.17) is 58.0 Å². The maximum Gasteiger partial charge on any atom is 0.253 e. The Morgan fingerprint density at radius 2 is 1.58 bits per heavy atom. The van der Waals surface area contributed by atoms with E-state index in [-0.39, 0.29) is 10.6 Å². The van der Waals surface area contributed by atoms with Gasteiger partial charge in [0.25, 0.3) is 5.24 Å². The zero-order chi connectivity index (χ0) is 14.2. The van der Waals surface area contributed by atoms with Crippen LogP contribution in [0.5, 0.6) is 0 Å². The van der Waals surface area contributed by atoms with E-state index < -0.39 is 5.24 Å². The van der Waals surface area contributed by atoms with Gasteiger partial charge in [-0.25, -0.2) is 0 Å². The summed E-state index contributed by atoms with van der Waals surface area (Å²) in [6.45, 7) is 0. The molecule has 0 atom stereocenters. The number of benzene rings is 2. The first-order valence-electron chi connectivity index (χ1n) is 5.04. The van der Waals surface area contributed by atoms with Crippen molar-refractivity contribution in [2.75, 3.05) is 0 Å². The molecular formula is C13H5Cl5O. The average molecular weight is 354 g/mol. The first kappa shape index (κ1) is 15.0. The van der Waals surface area contributed by atoms with Crippen molar-refractivity contribution in [2.45, 2.75) is 0 Å². The topological polar surface area (TPSA) is 17.1 Å². The molecule has 0 N–H and O–H groups in total. The van der Waals surface area contributed by atoms with Crippen molar-refractivity contribution in [3.05, 3.63) is 56.0 Å². The van der Waals surface area contributed by atoms with Gasteiger partial charge >= 0.3 is 0 Å². The Kier molecular flexibility index (Phi) is 4.65. The van der Waals surface area contributed by atoms with Crippen LogP contribution >= 0.6 is 58.0 Å². The highest BCUT2D eigenvalue weighted by Gasteiger charge is 2.13. The first-order chi connectivity index (χ1) is 8.90. The molecule has 0 aliphatic heterocycles. The summed E-state index contributed by atoms with van der Waals surface area (Å²) < 4.78 is 0. The highest BCUT2D eigenvalue weighted by Crippen LogP contribution is 2.37. The van der Waals surface area contributed by atoms with Crippen LogP contribution in [0.25, 0.3) is 11.1 Å². The van der Waals surface area contributed by atoms with Gasteiger partial charge in [0.15, 0.2) is 0 Å². The Labute approximate surface area is 135 Å². The summed E-state index contributed by atoms with van der Waals surface area (Å²) in [6, 6.07) is 8.01. The van der Waals surface area contributed by atoms with Gasteiger partial charge in [-0.1, -0.05) is 52.5 Å². The molecule has 0 spiro atoms. The van der Waals surface area contributed by atoms with E-state index in [9.17, 15) is 4.79 Å². The van der Waals surface area contributed by atoms with Crippen molar-refractivity contribution in [2.24, 2.45) is 0 Å². The molecule has 0 amide bonds. The van der Waals surface area contributed by atoms with Crippen molar-refractivity contribution in [3.8, 4) is 11.1 Å². The summed E-state index contributed by atoms with van der Waals surface area (Å²) >= 11 is 29.4. The molecule has 0 fully saturated rings. The van der Waals surface area contributed by atoms with Crippen LogP contribution in [-0.4, -0.2) is 5.24 Å². The smallest absolute Gasteiger partial charge is 0.253 e. The Bertz CT molecular complexity index is 666. The second-order valence-electron chi connectivity index (χ2n) is 3.72. The number of carbonyl (C=O) groups excluding carboxylic acids is 1. The summed E-state index contributed by atoms with van der Waals surface area (Å²) in [7, 11) is 0. The number of carbonyl (C=O) groups is 1. The predicted octanol–water partition coefficient (Wildman–Crippen LogP) is 6.35. The average Bonchev–Trinajstić information content (AvgIpc) is 2.33. The normalized spacial score (nSPS) is 10.6. The maximum absolute atomic E-state index is 11.1. The lowest BCUT2D eigenvalue weighted by Gasteiger charge is -2.09. The molecule has 0 heterocycles. The molecule has 0 saturated carbocycles. The predicted molar refractivity (Wildman–Crippen MR) is 82.1 cm³/mol. The second-order valence-corrected chi connectivity index (χ2v) is 5.69. The van der Waals surface area contributed by atoms with Gasteiger partial charge in [0.1, 0.15) is 0 Å². The minimum absolute atomic E-state index is 0.233. The molecule has 19 heavy (non-hydrogen) atoms. The molecule has 2 aromatic rings. The number of halogens is 5. The number of hydrogen-bond acceptors (Lipinski definition) is 1. The molecule has 0 aromatic heterocycles. The van der Waals surface area contributed by atoms with Crippen LogP contribution in [0.3, 0.4) is 0 Å². The molecule has 0 saturated heterocycles. The summed E-state index contributed by atoms with van der Waals surface area (Å²) in [4.78, 5) is 11.1. The van der Waals surface area contributed by atoms with Gasteiger partial charge in [-0.2, -0.15) is 0 Å². The van der Waals surface area contributed by atoms with Gasteiger partial charge in [-0.15, -0.1) is 0 Å². The molecule has 98 valence electrons. The zero-order valence-corrected chi connectivity index (χ0v) is 13.0. The van der Waals surface area contributed by atoms with Crippen LogP contribution in [-0.2, 0) is 0 Å². The summed E-state index contributed by atoms with van der Waals surface area (Å²) in [5, 5.41) is 0.791. The molecule has 0 aliphatic carbocycles. The van der Waals surface area contributed by atoms with Gasteiger partial charge in [0.2, 0.25) is 0 Å². The Balaban J connectivity index is 2.60. The lowest BCUT2D eigenvalue weighted by Crippen LogP contribution is -1.91. The summed E-state index contributed by atoms with van der Waals surface area (Å²) in [5.41, 5.74) is 1.56. The fraction of sp³-hybridized carbons (Fsp3) is 0. The lowest BCUT2D eigenvalue weighted by atomic mass is 10.0. The van der Waals surface area contributed by atoms with E-state index in [1.54, 1.807) is 24.3 Å². The highest BCUT2D eigenvalue weighted by atomic mass is 35.5. The molecule has 0 unspecified atom stereocenters. The molecule has 2 aromatic carbocycles. The van der Waals surface area contributed by atoms with Crippen molar-refractivity contribution in [1.29, 1.82) is 0 Å². The highest BCUT2D eigenvalue weighted by molar-refractivity contribution is 6.68. The van der Waals surface area contributed by atoms with Crippen molar-refractivity contribution in [1.82, 2.24) is 0 Å². The minimum atomic E-state index is -0.619. The number of rotatable bonds is 2. The fourth-order valence-corrected chi connectivity index (χ4v) is 2.80. The third-order valence-corrected chi connectivity index (χ3v) is 4.02. The van der Waals surface area contributed by atoms with Gasteiger partial charge in [-0.05, 0) is 41.4 Å². The van der Waals surface area contributed by atoms with E-state index in [2.05, 4.69) is 0 Å². The zero-order valence-electron chi connectivity index (χ0n) is 9.18. The molecule has 0 radical (unpaired) electrons. The molecule has 6 heteroatoms. The second kappa shape index (κ2) is 5.90. The van der Waals surface area contributed by atoms with Gasteiger partial charge in [0, 0.05) is 10.6 Å². The third-order valence-electron chi connectivity index (χ3n) is 2.48. The van der Waals surface area contributed by atoms with Crippen LogP contribution < -0.4 is 0 Å². The third kappa shape index (κ3) is 3.18. The van der Waals surface area contributed by atoms with E-state index in [0.717, 1.165) is 0 Å². The van der Waals surface area contributed by atoms with Gasteiger partial charge < -0.3 is 0 Å². The lowest BCUT2D eigenvalue weighted by molar-refractivity contribution is 0.108. The molecule has 1 nitrogen and oxygen atoms in total. The van der Waals surface area contributed by atoms with Crippen molar-refractivity contribution < 1.29 is 4.79 Å². The monoisotopic (exact) mass is 352 g/mol. The van der Waals surface area contributed by atoms with Crippen LogP contribution in [0, 0.1) is 0 Å². The quantitative estimate of drug-likeness (QED) is 0.454. The Morgan fingerprint density at radius 1 is 0.895 bits per heavy atom. The molecule has 0 aliphatic rings.